The van der Waals surface area contributed by atoms with Gasteiger partial charge < -0.3 is 4.74 Å². The largest absolute Gasteiger partial charge is 0.497 e. The first-order valence-electron chi connectivity index (χ1n) is 11.0. The first-order valence-corrected chi connectivity index (χ1v) is 12.4. The zero-order valence-corrected chi connectivity index (χ0v) is 19.5. The molecule has 1 saturated heterocycles. The molecule has 0 aromatic heterocycles. The van der Waals surface area contributed by atoms with Gasteiger partial charge in [0.15, 0.2) is 0 Å². The SMILES string of the molecule is COc1cccc(S(=O)(=O)N(c2ccc(C)cc2)C2CCN(Cc3ccccc3)CC2)c1. The van der Waals surface area contributed by atoms with E-state index < -0.39 is 10.0 Å². The molecule has 1 heterocycles. The van der Waals surface area contributed by atoms with Crippen LogP contribution in [0.15, 0.2) is 83.8 Å². The Morgan fingerprint density at radius 3 is 2.28 bits per heavy atom. The predicted molar refractivity (Wildman–Crippen MR) is 129 cm³/mol. The second-order valence-electron chi connectivity index (χ2n) is 8.31. The molecule has 4 rings (SSSR count). The summed E-state index contributed by atoms with van der Waals surface area (Å²) in [4.78, 5) is 2.65. The highest BCUT2D eigenvalue weighted by molar-refractivity contribution is 7.92. The lowest BCUT2D eigenvalue weighted by molar-refractivity contribution is 0.206. The summed E-state index contributed by atoms with van der Waals surface area (Å²) in [6.07, 6.45) is 1.56. The molecule has 0 atom stereocenters. The van der Waals surface area contributed by atoms with Gasteiger partial charge in [-0.25, -0.2) is 8.42 Å². The van der Waals surface area contributed by atoms with Crippen LogP contribution in [0.5, 0.6) is 5.75 Å². The van der Waals surface area contributed by atoms with Gasteiger partial charge in [-0.05, 0) is 49.6 Å². The van der Waals surface area contributed by atoms with Crippen molar-refractivity contribution in [1.29, 1.82) is 0 Å². The van der Waals surface area contributed by atoms with Crippen LogP contribution >= 0.6 is 0 Å². The summed E-state index contributed by atoms with van der Waals surface area (Å²) in [5.41, 5.74) is 3.09. The lowest BCUT2D eigenvalue weighted by Gasteiger charge is -2.39. The van der Waals surface area contributed by atoms with Gasteiger partial charge in [0.2, 0.25) is 0 Å². The van der Waals surface area contributed by atoms with Crippen molar-refractivity contribution in [1.82, 2.24) is 4.90 Å². The monoisotopic (exact) mass is 450 g/mol. The molecule has 0 spiro atoms. The molecule has 32 heavy (non-hydrogen) atoms. The van der Waals surface area contributed by atoms with Gasteiger partial charge in [-0.2, -0.15) is 0 Å². The van der Waals surface area contributed by atoms with E-state index in [0.717, 1.165) is 38.0 Å². The fourth-order valence-electron chi connectivity index (χ4n) is 4.27. The van der Waals surface area contributed by atoms with Gasteiger partial charge in [-0.15, -0.1) is 0 Å². The number of likely N-dealkylation sites (tertiary alicyclic amines) is 1. The number of aryl methyl sites for hydroxylation is 1. The first-order chi connectivity index (χ1) is 15.5. The Bertz CT molecular complexity index is 1120. The molecule has 1 fully saturated rings. The van der Waals surface area contributed by atoms with Crippen LogP contribution < -0.4 is 9.04 Å². The first kappa shape index (κ1) is 22.4. The molecule has 0 saturated carbocycles. The molecular weight excluding hydrogens is 420 g/mol. The molecule has 0 amide bonds. The second kappa shape index (κ2) is 9.76. The molecule has 0 radical (unpaired) electrons. The fraction of sp³-hybridized carbons (Fsp3) is 0.308. The van der Waals surface area contributed by atoms with Crippen LogP contribution in [0.1, 0.15) is 24.0 Å². The molecule has 168 valence electrons. The average Bonchev–Trinajstić information content (AvgIpc) is 2.82. The summed E-state index contributed by atoms with van der Waals surface area (Å²) in [7, 11) is -2.19. The number of hydrogen-bond donors (Lipinski definition) is 0. The van der Waals surface area contributed by atoms with Gasteiger partial charge in [0, 0.05) is 31.7 Å². The Kier molecular flexibility index (Phi) is 6.82. The van der Waals surface area contributed by atoms with Crippen molar-refractivity contribution < 1.29 is 13.2 Å². The molecule has 6 heteroatoms. The van der Waals surface area contributed by atoms with E-state index in [0.29, 0.717) is 11.4 Å². The zero-order chi connectivity index (χ0) is 22.6. The van der Waals surface area contributed by atoms with E-state index in [1.165, 1.54) is 5.56 Å². The minimum atomic E-state index is -3.74. The standard InChI is InChI=1S/C26H30N2O3S/c1-21-11-13-23(14-12-21)28(32(29,30)26-10-6-9-25(19-26)31-2)24-15-17-27(18-16-24)20-22-7-4-3-5-8-22/h3-14,19,24H,15-18,20H2,1-2H3. The number of anilines is 1. The fourth-order valence-corrected chi connectivity index (χ4v) is 6.01. The molecule has 1 aliphatic heterocycles. The van der Waals surface area contributed by atoms with Crippen molar-refractivity contribution in [2.24, 2.45) is 0 Å². The summed E-state index contributed by atoms with van der Waals surface area (Å²) >= 11 is 0. The molecule has 3 aromatic rings. The molecule has 0 unspecified atom stereocenters. The minimum absolute atomic E-state index is 0.0964. The maximum absolute atomic E-state index is 13.8. The maximum atomic E-state index is 13.8. The van der Waals surface area contributed by atoms with Crippen LogP contribution in [0.2, 0.25) is 0 Å². The zero-order valence-electron chi connectivity index (χ0n) is 18.6. The van der Waals surface area contributed by atoms with Gasteiger partial charge in [0.05, 0.1) is 17.7 Å². The van der Waals surface area contributed by atoms with Crippen molar-refractivity contribution in [3.63, 3.8) is 0 Å². The van der Waals surface area contributed by atoms with Crippen LogP contribution in [0.3, 0.4) is 0 Å². The lowest BCUT2D eigenvalue weighted by Crippen LogP contribution is -2.47. The number of nitrogens with zero attached hydrogens (tertiary/aromatic N) is 2. The summed E-state index contributed by atoms with van der Waals surface area (Å²) in [5.74, 6) is 0.535. The quantitative estimate of drug-likeness (QED) is 0.516. The van der Waals surface area contributed by atoms with E-state index in [1.54, 1.807) is 35.7 Å². The van der Waals surface area contributed by atoms with Crippen molar-refractivity contribution >= 4 is 15.7 Å². The topological polar surface area (TPSA) is 49.9 Å². The van der Waals surface area contributed by atoms with Gasteiger partial charge in [0.25, 0.3) is 10.0 Å². The third kappa shape index (κ3) is 4.97. The summed E-state index contributed by atoms with van der Waals surface area (Å²) in [6.45, 7) is 4.61. The third-order valence-electron chi connectivity index (χ3n) is 6.02. The molecule has 0 bridgehead atoms. The average molecular weight is 451 g/mol. The normalized spacial score (nSPS) is 15.4. The number of hydrogen-bond acceptors (Lipinski definition) is 4. The Hall–Kier alpha value is -2.83. The summed E-state index contributed by atoms with van der Waals surface area (Å²) < 4.78 is 34.5. The van der Waals surface area contributed by atoms with E-state index in [2.05, 4.69) is 29.2 Å². The third-order valence-corrected chi connectivity index (χ3v) is 7.90. The van der Waals surface area contributed by atoms with Gasteiger partial charge in [-0.3, -0.25) is 9.21 Å². The minimum Gasteiger partial charge on any atom is -0.497 e. The van der Waals surface area contributed by atoms with E-state index >= 15 is 0 Å². The number of benzene rings is 3. The highest BCUT2D eigenvalue weighted by Crippen LogP contribution is 2.32. The van der Waals surface area contributed by atoms with Gasteiger partial charge in [-0.1, -0.05) is 54.1 Å². The number of ether oxygens (including phenoxy) is 1. The Morgan fingerprint density at radius 2 is 1.62 bits per heavy atom. The van der Waals surface area contributed by atoms with Gasteiger partial charge >= 0.3 is 0 Å². The van der Waals surface area contributed by atoms with E-state index in [9.17, 15) is 8.42 Å². The number of piperidine rings is 1. The molecule has 0 aliphatic carbocycles. The van der Waals surface area contributed by atoms with Gasteiger partial charge in [0.1, 0.15) is 5.75 Å². The molecule has 5 nitrogen and oxygen atoms in total. The van der Waals surface area contributed by atoms with Crippen molar-refractivity contribution in [2.75, 3.05) is 24.5 Å². The number of sulfonamides is 1. The maximum Gasteiger partial charge on any atom is 0.264 e. The van der Waals surface area contributed by atoms with Crippen LogP contribution in [0.4, 0.5) is 5.69 Å². The van der Waals surface area contributed by atoms with E-state index in [-0.39, 0.29) is 10.9 Å². The van der Waals surface area contributed by atoms with Crippen LogP contribution in [-0.2, 0) is 16.6 Å². The number of rotatable bonds is 7. The number of methoxy groups -OCH3 is 1. The Balaban J connectivity index is 1.60. The Morgan fingerprint density at radius 1 is 0.938 bits per heavy atom. The summed E-state index contributed by atoms with van der Waals surface area (Å²) in [5, 5.41) is 0. The molecule has 1 aliphatic rings. The smallest absolute Gasteiger partial charge is 0.264 e. The van der Waals surface area contributed by atoms with Crippen LogP contribution in [0.25, 0.3) is 0 Å². The van der Waals surface area contributed by atoms with Crippen molar-refractivity contribution in [2.45, 2.75) is 37.2 Å². The molecular formula is C26H30N2O3S. The predicted octanol–water partition coefficient (Wildman–Crippen LogP) is 4.86. The van der Waals surface area contributed by atoms with Crippen LogP contribution in [-0.4, -0.2) is 39.6 Å². The molecule has 3 aromatic carbocycles. The second-order valence-corrected chi connectivity index (χ2v) is 10.1. The summed E-state index contributed by atoms with van der Waals surface area (Å²) in [6, 6.07) is 24.8. The molecule has 0 N–H and O–H groups in total. The Labute approximate surface area is 191 Å². The van der Waals surface area contributed by atoms with Crippen molar-refractivity contribution in [3.05, 3.63) is 90.0 Å². The van der Waals surface area contributed by atoms with Crippen molar-refractivity contribution in [3.8, 4) is 5.75 Å². The highest BCUT2D eigenvalue weighted by atomic mass is 32.2. The van der Waals surface area contributed by atoms with E-state index in [4.69, 9.17) is 4.74 Å². The lowest BCUT2D eigenvalue weighted by atomic mass is 10.0. The van der Waals surface area contributed by atoms with Crippen LogP contribution in [0, 0.1) is 6.92 Å². The van der Waals surface area contributed by atoms with E-state index in [1.807, 2.05) is 37.3 Å². The highest BCUT2D eigenvalue weighted by Gasteiger charge is 2.34.